The molecule has 0 fully saturated rings. The molecule has 0 unspecified atom stereocenters. The van der Waals surface area contributed by atoms with E-state index in [0.717, 1.165) is 18.2 Å². The summed E-state index contributed by atoms with van der Waals surface area (Å²) in [5, 5.41) is 0.774. The molecule has 56 valence electrons. The Labute approximate surface area is 65.4 Å². The molecule has 0 spiro atoms. The van der Waals surface area contributed by atoms with Gasteiger partial charge in [-0.2, -0.15) is 0 Å². The molecule has 0 amide bonds. The smallest absolute Gasteiger partial charge is 0.0641 e. The number of hydrogen-bond donors (Lipinski definition) is 0. The zero-order valence-corrected chi connectivity index (χ0v) is 6.64. The van der Waals surface area contributed by atoms with Crippen LogP contribution in [0.15, 0.2) is 18.5 Å². The van der Waals surface area contributed by atoms with Crippen LogP contribution in [0.1, 0.15) is 0 Å². The van der Waals surface area contributed by atoms with Crippen molar-refractivity contribution in [2.75, 3.05) is 13.7 Å². The van der Waals surface area contributed by atoms with Crippen LogP contribution in [-0.4, -0.2) is 18.3 Å². The lowest BCUT2D eigenvalue weighted by Gasteiger charge is -1.98. The Morgan fingerprint density at radius 3 is 3.00 bits per heavy atom. The van der Waals surface area contributed by atoms with Gasteiger partial charge in [0.2, 0.25) is 0 Å². The van der Waals surface area contributed by atoms with Crippen LogP contribution in [0.2, 0.25) is 5.02 Å². The van der Waals surface area contributed by atoms with Gasteiger partial charge < -0.3 is 9.30 Å². The number of hydrogen-bond acceptors (Lipinski definition) is 1. The third kappa shape index (κ3) is 2.05. The number of ether oxygens (including phenoxy) is 1. The molecule has 1 heterocycles. The first-order valence-electron chi connectivity index (χ1n) is 3.13. The lowest BCUT2D eigenvalue weighted by Crippen LogP contribution is -2.00. The molecule has 0 N–H and O–H groups in total. The van der Waals surface area contributed by atoms with Gasteiger partial charge in [-0.05, 0) is 6.07 Å². The first-order valence-corrected chi connectivity index (χ1v) is 3.51. The van der Waals surface area contributed by atoms with E-state index in [9.17, 15) is 0 Å². The van der Waals surface area contributed by atoms with Crippen LogP contribution < -0.4 is 0 Å². The lowest BCUT2D eigenvalue weighted by molar-refractivity contribution is 0.187. The summed E-state index contributed by atoms with van der Waals surface area (Å²) < 4.78 is 6.88. The predicted molar refractivity (Wildman–Crippen MR) is 41.3 cm³/mol. The van der Waals surface area contributed by atoms with Crippen molar-refractivity contribution in [2.24, 2.45) is 0 Å². The molecular formula is C7H10ClNO. The Morgan fingerprint density at radius 1 is 1.70 bits per heavy atom. The van der Waals surface area contributed by atoms with E-state index in [0.29, 0.717) is 0 Å². The van der Waals surface area contributed by atoms with E-state index in [2.05, 4.69) is 0 Å². The van der Waals surface area contributed by atoms with Gasteiger partial charge in [-0.1, -0.05) is 11.6 Å². The Hall–Kier alpha value is -0.470. The number of methoxy groups -OCH3 is 1. The van der Waals surface area contributed by atoms with E-state index in [1.807, 2.05) is 23.0 Å². The van der Waals surface area contributed by atoms with E-state index in [4.69, 9.17) is 16.3 Å². The largest absolute Gasteiger partial charge is 0.383 e. The topological polar surface area (TPSA) is 14.2 Å². The summed E-state index contributed by atoms with van der Waals surface area (Å²) in [6.07, 6.45) is 3.81. The quantitative estimate of drug-likeness (QED) is 0.656. The summed E-state index contributed by atoms with van der Waals surface area (Å²) in [5.41, 5.74) is 0. The van der Waals surface area contributed by atoms with Crippen molar-refractivity contribution in [2.45, 2.75) is 6.54 Å². The van der Waals surface area contributed by atoms with Crippen molar-refractivity contribution >= 4 is 11.6 Å². The molecule has 0 saturated carbocycles. The van der Waals surface area contributed by atoms with Crippen molar-refractivity contribution in [3.8, 4) is 0 Å². The van der Waals surface area contributed by atoms with E-state index in [-0.39, 0.29) is 0 Å². The van der Waals surface area contributed by atoms with Crippen molar-refractivity contribution in [1.82, 2.24) is 4.57 Å². The number of aromatic nitrogens is 1. The first-order chi connectivity index (χ1) is 4.83. The standard InChI is InChI=1S/C7H10ClNO/c1-10-5-4-9-3-2-7(8)6-9/h2-3,6H,4-5H2,1H3. The maximum Gasteiger partial charge on any atom is 0.0641 e. The number of rotatable bonds is 3. The fraction of sp³-hybridized carbons (Fsp3) is 0.429. The van der Waals surface area contributed by atoms with Crippen LogP contribution in [0.4, 0.5) is 0 Å². The molecule has 10 heavy (non-hydrogen) atoms. The second kappa shape index (κ2) is 3.64. The van der Waals surface area contributed by atoms with Crippen LogP contribution in [0.5, 0.6) is 0 Å². The van der Waals surface area contributed by atoms with Crippen molar-refractivity contribution in [3.63, 3.8) is 0 Å². The van der Waals surface area contributed by atoms with Gasteiger partial charge in [0.1, 0.15) is 0 Å². The highest BCUT2D eigenvalue weighted by Gasteiger charge is 1.90. The highest BCUT2D eigenvalue weighted by molar-refractivity contribution is 6.30. The first kappa shape index (κ1) is 7.63. The average Bonchev–Trinajstić information content (AvgIpc) is 2.31. The van der Waals surface area contributed by atoms with Crippen LogP contribution in [0, 0.1) is 0 Å². The Balaban J connectivity index is 2.42. The Bertz CT molecular complexity index is 197. The van der Waals surface area contributed by atoms with Crippen LogP contribution in [0.25, 0.3) is 0 Å². The van der Waals surface area contributed by atoms with Gasteiger partial charge in [-0.3, -0.25) is 0 Å². The second-order valence-corrected chi connectivity index (χ2v) is 2.50. The molecule has 0 atom stereocenters. The van der Waals surface area contributed by atoms with E-state index >= 15 is 0 Å². The zero-order valence-electron chi connectivity index (χ0n) is 5.88. The molecule has 0 saturated heterocycles. The summed E-state index contributed by atoms with van der Waals surface area (Å²) in [6.45, 7) is 1.59. The van der Waals surface area contributed by atoms with Gasteiger partial charge in [0.15, 0.2) is 0 Å². The fourth-order valence-electron chi connectivity index (χ4n) is 0.747. The third-order valence-electron chi connectivity index (χ3n) is 1.27. The number of nitrogens with zero attached hydrogens (tertiary/aromatic N) is 1. The summed E-state index contributed by atoms with van der Waals surface area (Å²) in [5.74, 6) is 0. The fourth-order valence-corrected chi connectivity index (χ4v) is 0.929. The Morgan fingerprint density at radius 2 is 2.50 bits per heavy atom. The highest BCUT2D eigenvalue weighted by Crippen LogP contribution is 2.06. The molecule has 1 aromatic heterocycles. The molecule has 0 radical (unpaired) electrons. The van der Waals surface area contributed by atoms with Crippen molar-refractivity contribution < 1.29 is 4.74 Å². The minimum Gasteiger partial charge on any atom is -0.383 e. The SMILES string of the molecule is COCCn1ccc(Cl)c1. The molecule has 1 aromatic rings. The zero-order chi connectivity index (χ0) is 7.40. The summed E-state index contributed by atoms with van der Waals surface area (Å²) in [4.78, 5) is 0. The molecule has 2 nitrogen and oxygen atoms in total. The van der Waals surface area contributed by atoms with Crippen molar-refractivity contribution in [1.29, 1.82) is 0 Å². The Kier molecular flexibility index (Phi) is 2.78. The summed E-state index contributed by atoms with van der Waals surface area (Å²) >= 11 is 5.68. The number of halogens is 1. The maximum atomic E-state index is 5.68. The van der Waals surface area contributed by atoms with E-state index in [1.165, 1.54) is 0 Å². The average molecular weight is 160 g/mol. The third-order valence-corrected chi connectivity index (χ3v) is 1.49. The summed E-state index contributed by atoms with van der Waals surface area (Å²) in [6, 6.07) is 1.86. The molecular weight excluding hydrogens is 150 g/mol. The van der Waals surface area contributed by atoms with Gasteiger partial charge in [-0.15, -0.1) is 0 Å². The van der Waals surface area contributed by atoms with Gasteiger partial charge in [0.25, 0.3) is 0 Å². The second-order valence-electron chi connectivity index (χ2n) is 2.06. The highest BCUT2D eigenvalue weighted by atomic mass is 35.5. The molecule has 0 aliphatic carbocycles. The molecule has 0 bridgehead atoms. The predicted octanol–water partition coefficient (Wildman–Crippen LogP) is 1.79. The maximum absolute atomic E-state index is 5.68. The van der Waals surface area contributed by atoms with E-state index < -0.39 is 0 Å². The molecule has 3 heteroatoms. The molecule has 0 aliphatic rings. The van der Waals surface area contributed by atoms with Gasteiger partial charge in [-0.25, -0.2) is 0 Å². The molecule has 0 aromatic carbocycles. The van der Waals surface area contributed by atoms with Gasteiger partial charge in [0, 0.05) is 26.0 Å². The van der Waals surface area contributed by atoms with E-state index in [1.54, 1.807) is 7.11 Å². The van der Waals surface area contributed by atoms with Gasteiger partial charge >= 0.3 is 0 Å². The van der Waals surface area contributed by atoms with Crippen molar-refractivity contribution in [3.05, 3.63) is 23.5 Å². The van der Waals surface area contributed by atoms with Gasteiger partial charge in [0.05, 0.1) is 11.6 Å². The molecule has 1 rings (SSSR count). The van der Waals surface area contributed by atoms with Crippen LogP contribution >= 0.6 is 11.6 Å². The monoisotopic (exact) mass is 159 g/mol. The summed E-state index contributed by atoms with van der Waals surface area (Å²) in [7, 11) is 1.69. The minimum absolute atomic E-state index is 0.727. The van der Waals surface area contributed by atoms with Crippen LogP contribution in [0.3, 0.4) is 0 Å². The lowest BCUT2D eigenvalue weighted by atomic mass is 10.7. The van der Waals surface area contributed by atoms with Crippen LogP contribution in [-0.2, 0) is 11.3 Å². The molecule has 0 aliphatic heterocycles. The normalized spacial score (nSPS) is 10.2. The minimum atomic E-state index is 0.727.